The van der Waals surface area contributed by atoms with E-state index < -0.39 is 0 Å². The van der Waals surface area contributed by atoms with E-state index in [9.17, 15) is 4.79 Å². The molecule has 0 bridgehead atoms. The van der Waals surface area contributed by atoms with E-state index in [1.54, 1.807) is 0 Å². The second kappa shape index (κ2) is 9.41. The summed E-state index contributed by atoms with van der Waals surface area (Å²) in [6, 6.07) is 0. The van der Waals surface area contributed by atoms with Crippen LogP contribution in [-0.2, 0) is 9.53 Å². The Balaban J connectivity index is 4.80. The number of hydrogen-bond acceptors (Lipinski definition) is 2. The molecule has 0 amide bonds. The molecule has 2 nitrogen and oxygen atoms in total. The lowest BCUT2D eigenvalue weighted by atomic mass is 9.68. The van der Waals surface area contributed by atoms with Crippen molar-refractivity contribution in [2.75, 3.05) is 6.61 Å². The third kappa shape index (κ3) is 4.29. The Morgan fingerprint density at radius 1 is 1.06 bits per heavy atom. The third-order valence-corrected chi connectivity index (χ3v) is 4.31. The van der Waals surface area contributed by atoms with E-state index >= 15 is 0 Å². The quantitative estimate of drug-likeness (QED) is 0.408. The summed E-state index contributed by atoms with van der Waals surface area (Å²) in [5.74, 6) is 0.507. The smallest absolute Gasteiger partial charge is 0.312 e. The highest BCUT2D eigenvalue weighted by molar-refractivity contribution is 5.77. The fraction of sp³-hybridized carbons (Fsp3) is 0.938. The minimum Gasteiger partial charge on any atom is -0.465 e. The van der Waals surface area contributed by atoms with Gasteiger partial charge in [-0.1, -0.05) is 53.9 Å². The first-order valence-electron chi connectivity index (χ1n) is 7.79. The number of carbonyl (C=O) groups is 1. The second-order valence-electron chi connectivity index (χ2n) is 5.25. The predicted octanol–water partition coefficient (Wildman–Crippen LogP) is 4.96. The Kier molecular flexibility index (Phi) is 9.13. The first-order valence-corrected chi connectivity index (χ1v) is 7.79. The third-order valence-electron chi connectivity index (χ3n) is 4.31. The van der Waals surface area contributed by atoms with Gasteiger partial charge in [-0.25, -0.2) is 0 Å². The van der Waals surface area contributed by atoms with Crippen LogP contribution < -0.4 is 0 Å². The molecule has 1 unspecified atom stereocenters. The van der Waals surface area contributed by atoms with Gasteiger partial charge >= 0.3 is 5.97 Å². The summed E-state index contributed by atoms with van der Waals surface area (Å²) < 4.78 is 5.52. The molecule has 0 aromatic heterocycles. The van der Waals surface area contributed by atoms with Gasteiger partial charge in [0, 0.05) is 0 Å². The van der Waals surface area contributed by atoms with Crippen LogP contribution in [-0.4, -0.2) is 12.6 Å². The fourth-order valence-electron chi connectivity index (χ4n) is 2.96. The molecule has 0 fully saturated rings. The maximum atomic E-state index is 12.5. The number of ether oxygens (including phenoxy) is 1. The van der Waals surface area contributed by atoms with Gasteiger partial charge in [-0.05, 0) is 31.6 Å². The summed E-state index contributed by atoms with van der Waals surface area (Å²) in [5.41, 5.74) is -0.251. The van der Waals surface area contributed by atoms with Crippen molar-refractivity contribution < 1.29 is 9.53 Å². The zero-order valence-corrected chi connectivity index (χ0v) is 13.1. The van der Waals surface area contributed by atoms with Gasteiger partial charge in [0.1, 0.15) is 0 Å². The highest BCUT2D eigenvalue weighted by Crippen LogP contribution is 2.41. The minimum atomic E-state index is -0.251. The van der Waals surface area contributed by atoms with Gasteiger partial charge in [0.25, 0.3) is 0 Å². The van der Waals surface area contributed by atoms with Crippen molar-refractivity contribution in [3.63, 3.8) is 0 Å². The zero-order valence-electron chi connectivity index (χ0n) is 13.1. The van der Waals surface area contributed by atoms with Crippen LogP contribution in [0.25, 0.3) is 0 Å². The maximum absolute atomic E-state index is 12.5. The first kappa shape index (κ1) is 17.5. The monoisotopic (exact) mass is 256 g/mol. The van der Waals surface area contributed by atoms with Crippen LogP contribution in [0.4, 0.5) is 0 Å². The zero-order chi connectivity index (χ0) is 14.0. The minimum absolute atomic E-state index is 0.0428. The summed E-state index contributed by atoms with van der Waals surface area (Å²) in [6.45, 7) is 11.3. The predicted molar refractivity (Wildman–Crippen MR) is 77.6 cm³/mol. The molecule has 0 aromatic rings. The van der Waals surface area contributed by atoms with Crippen molar-refractivity contribution in [1.29, 1.82) is 0 Å². The largest absolute Gasteiger partial charge is 0.465 e. The van der Waals surface area contributed by atoms with Gasteiger partial charge in [-0.15, -0.1) is 0 Å². The summed E-state index contributed by atoms with van der Waals surface area (Å²) in [6.07, 6.45) is 7.17. The van der Waals surface area contributed by atoms with E-state index in [1.807, 2.05) is 0 Å². The van der Waals surface area contributed by atoms with Gasteiger partial charge in [-0.3, -0.25) is 4.79 Å². The molecule has 0 spiro atoms. The van der Waals surface area contributed by atoms with Crippen LogP contribution in [0.2, 0.25) is 0 Å². The molecule has 18 heavy (non-hydrogen) atoms. The molecule has 0 radical (unpaired) electrons. The molecule has 108 valence electrons. The standard InChI is InChI=1S/C16H32O2/c1-6-11-13-18-15(17)16(9-4,10-5)14(8-3)12-7-2/h14H,6-13H2,1-5H3. The molecule has 0 rings (SSSR count). The van der Waals surface area contributed by atoms with Gasteiger partial charge < -0.3 is 4.74 Å². The van der Waals surface area contributed by atoms with Crippen LogP contribution in [0.5, 0.6) is 0 Å². The highest BCUT2D eigenvalue weighted by Gasteiger charge is 2.42. The lowest BCUT2D eigenvalue weighted by molar-refractivity contribution is -0.161. The van der Waals surface area contributed by atoms with E-state index in [-0.39, 0.29) is 11.4 Å². The topological polar surface area (TPSA) is 26.3 Å². The van der Waals surface area contributed by atoms with Crippen molar-refractivity contribution in [2.45, 2.75) is 79.6 Å². The fourth-order valence-corrected chi connectivity index (χ4v) is 2.96. The molecular weight excluding hydrogens is 224 g/mol. The molecule has 0 aromatic carbocycles. The Hall–Kier alpha value is -0.530. The van der Waals surface area contributed by atoms with Gasteiger partial charge in [0.05, 0.1) is 12.0 Å². The number of carbonyl (C=O) groups excluding carboxylic acids is 1. The number of rotatable bonds is 10. The van der Waals surface area contributed by atoms with E-state index in [2.05, 4.69) is 34.6 Å². The highest BCUT2D eigenvalue weighted by atomic mass is 16.5. The average molecular weight is 256 g/mol. The molecule has 2 heteroatoms. The molecule has 1 atom stereocenters. The van der Waals surface area contributed by atoms with E-state index in [4.69, 9.17) is 4.74 Å². The number of hydrogen-bond donors (Lipinski definition) is 0. The van der Waals surface area contributed by atoms with Gasteiger partial charge in [0.2, 0.25) is 0 Å². The molecule has 0 aliphatic heterocycles. The van der Waals surface area contributed by atoms with Crippen LogP contribution in [0.3, 0.4) is 0 Å². The van der Waals surface area contributed by atoms with Crippen molar-refractivity contribution >= 4 is 5.97 Å². The SMILES string of the molecule is CCCCOC(=O)C(CC)(CC)C(CC)CCC. The van der Waals surface area contributed by atoms with E-state index in [0.29, 0.717) is 12.5 Å². The van der Waals surface area contributed by atoms with Gasteiger partial charge in [-0.2, -0.15) is 0 Å². The van der Waals surface area contributed by atoms with E-state index in [0.717, 1.165) is 44.9 Å². The van der Waals surface area contributed by atoms with Crippen molar-refractivity contribution in [3.8, 4) is 0 Å². The Morgan fingerprint density at radius 2 is 1.67 bits per heavy atom. The van der Waals surface area contributed by atoms with Crippen LogP contribution >= 0.6 is 0 Å². The van der Waals surface area contributed by atoms with Gasteiger partial charge in [0.15, 0.2) is 0 Å². The van der Waals surface area contributed by atoms with Crippen LogP contribution in [0.1, 0.15) is 79.6 Å². The lowest BCUT2D eigenvalue weighted by Crippen LogP contribution is -2.39. The summed E-state index contributed by atoms with van der Waals surface area (Å²) in [4.78, 5) is 12.5. The summed E-state index contributed by atoms with van der Waals surface area (Å²) in [5, 5.41) is 0. The normalized spacial score (nSPS) is 13.4. The van der Waals surface area contributed by atoms with Crippen LogP contribution in [0, 0.1) is 11.3 Å². The molecular formula is C16H32O2. The van der Waals surface area contributed by atoms with Crippen molar-refractivity contribution in [3.05, 3.63) is 0 Å². The second-order valence-corrected chi connectivity index (χ2v) is 5.25. The lowest BCUT2D eigenvalue weighted by Gasteiger charge is -2.37. The Bertz CT molecular complexity index is 219. The number of esters is 1. The number of unbranched alkanes of at least 4 members (excludes halogenated alkanes) is 1. The summed E-state index contributed by atoms with van der Waals surface area (Å²) in [7, 11) is 0. The summed E-state index contributed by atoms with van der Waals surface area (Å²) >= 11 is 0. The first-order chi connectivity index (χ1) is 8.62. The molecule has 0 heterocycles. The van der Waals surface area contributed by atoms with Crippen molar-refractivity contribution in [1.82, 2.24) is 0 Å². The van der Waals surface area contributed by atoms with E-state index in [1.165, 1.54) is 0 Å². The molecule has 0 aliphatic carbocycles. The maximum Gasteiger partial charge on any atom is 0.312 e. The van der Waals surface area contributed by atoms with Crippen molar-refractivity contribution in [2.24, 2.45) is 11.3 Å². The Morgan fingerprint density at radius 3 is 2.06 bits per heavy atom. The molecule has 0 N–H and O–H groups in total. The Labute approximate surface area is 113 Å². The molecule has 0 saturated carbocycles. The molecule has 0 saturated heterocycles. The van der Waals surface area contributed by atoms with Crippen LogP contribution in [0.15, 0.2) is 0 Å². The molecule has 0 aliphatic rings. The average Bonchev–Trinajstić information content (AvgIpc) is 2.39.